The SMILES string of the molecule is CCOCCCN=C(N)NCCCOC1CCCc2ccccc21.I. The van der Waals surface area contributed by atoms with Crippen LogP contribution < -0.4 is 11.1 Å². The number of rotatable bonds is 10. The maximum atomic E-state index is 6.08. The second-order valence-electron chi connectivity index (χ2n) is 6.05. The van der Waals surface area contributed by atoms with Crippen LogP contribution in [0.1, 0.15) is 49.8 Å². The van der Waals surface area contributed by atoms with Crippen LogP contribution in [0.5, 0.6) is 0 Å². The molecule has 5 nitrogen and oxygen atoms in total. The van der Waals surface area contributed by atoms with Crippen LogP contribution in [0.25, 0.3) is 0 Å². The first-order valence-electron chi connectivity index (χ1n) is 9.12. The molecule has 0 bridgehead atoms. The monoisotopic (exact) mass is 461 g/mol. The molecule has 0 aromatic heterocycles. The van der Waals surface area contributed by atoms with Crippen LogP contribution in [0.3, 0.4) is 0 Å². The van der Waals surface area contributed by atoms with Crippen molar-refractivity contribution in [1.29, 1.82) is 0 Å². The van der Waals surface area contributed by atoms with E-state index in [1.807, 2.05) is 6.92 Å². The zero-order valence-corrected chi connectivity index (χ0v) is 17.5. The Kier molecular flexibility index (Phi) is 11.9. The molecule has 0 saturated heterocycles. The number of nitrogens with two attached hydrogens (primary N) is 1. The van der Waals surface area contributed by atoms with Gasteiger partial charge in [0.05, 0.1) is 6.10 Å². The minimum absolute atomic E-state index is 0. The van der Waals surface area contributed by atoms with Crippen molar-refractivity contribution in [2.75, 3.05) is 32.9 Å². The third kappa shape index (κ3) is 8.37. The van der Waals surface area contributed by atoms with Crippen LogP contribution in [0.4, 0.5) is 0 Å². The van der Waals surface area contributed by atoms with Crippen LogP contribution in [0.15, 0.2) is 29.3 Å². The Morgan fingerprint density at radius 2 is 2.12 bits per heavy atom. The van der Waals surface area contributed by atoms with Crippen LogP contribution in [0.2, 0.25) is 0 Å². The first kappa shape index (κ1) is 22.2. The predicted molar refractivity (Wildman–Crippen MR) is 114 cm³/mol. The van der Waals surface area contributed by atoms with Gasteiger partial charge in [-0.1, -0.05) is 24.3 Å². The molecule has 25 heavy (non-hydrogen) atoms. The number of hydrogen-bond donors (Lipinski definition) is 2. The van der Waals surface area contributed by atoms with E-state index < -0.39 is 0 Å². The van der Waals surface area contributed by atoms with E-state index in [4.69, 9.17) is 15.2 Å². The summed E-state index contributed by atoms with van der Waals surface area (Å²) in [5, 5.41) is 3.14. The molecule has 1 aromatic rings. The molecule has 0 radical (unpaired) electrons. The van der Waals surface area contributed by atoms with Gasteiger partial charge in [0.2, 0.25) is 0 Å². The summed E-state index contributed by atoms with van der Waals surface area (Å²) in [7, 11) is 0. The van der Waals surface area contributed by atoms with E-state index >= 15 is 0 Å². The predicted octanol–water partition coefficient (Wildman–Crippen LogP) is 3.42. The summed E-state index contributed by atoms with van der Waals surface area (Å²) < 4.78 is 11.3. The van der Waals surface area contributed by atoms with Crippen molar-refractivity contribution < 1.29 is 9.47 Å². The highest BCUT2D eigenvalue weighted by atomic mass is 127. The molecule has 142 valence electrons. The van der Waals surface area contributed by atoms with Crippen LogP contribution >= 0.6 is 24.0 Å². The number of ether oxygens (including phenoxy) is 2. The smallest absolute Gasteiger partial charge is 0.188 e. The van der Waals surface area contributed by atoms with Gasteiger partial charge in [0.1, 0.15) is 0 Å². The number of aryl methyl sites for hydroxylation is 1. The molecule has 3 N–H and O–H groups in total. The highest BCUT2D eigenvalue weighted by molar-refractivity contribution is 14.0. The fourth-order valence-corrected chi connectivity index (χ4v) is 2.96. The van der Waals surface area contributed by atoms with E-state index in [1.54, 1.807) is 0 Å². The van der Waals surface area contributed by atoms with Crippen molar-refractivity contribution in [2.24, 2.45) is 10.7 Å². The van der Waals surface area contributed by atoms with E-state index in [0.29, 0.717) is 12.5 Å². The number of guanidine groups is 1. The van der Waals surface area contributed by atoms with Crippen molar-refractivity contribution in [2.45, 2.75) is 45.1 Å². The van der Waals surface area contributed by atoms with Gasteiger partial charge in [-0.05, 0) is 50.2 Å². The quantitative estimate of drug-likeness (QED) is 0.243. The van der Waals surface area contributed by atoms with E-state index in [9.17, 15) is 0 Å². The molecule has 0 heterocycles. The number of nitrogens with one attached hydrogen (secondary N) is 1. The third-order valence-electron chi connectivity index (χ3n) is 4.19. The van der Waals surface area contributed by atoms with Gasteiger partial charge < -0.3 is 20.5 Å². The molecule has 0 fully saturated rings. The number of hydrogen-bond acceptors (Lipinski definition) is 3. The molecule has 0 spiro atoms. The number of fused-ring (bicyclic) bond motifs is 1. The fraction of sp³-hybridized carbons (Fsp3) is 0.632. The Hall–Kier alpha value is -0.860. The number of benzene rings is 1. The molecule has 1 atom stereocenters. The maximum Gasteiger partial charge on any atom is 0.188 e. The molecular weight excluding hydrogens is 429 g/mol. The average molecular weight is 461 g/mol. The van der Waals surface area contributed by atoms with Gasteiger partial charge >= 0.3 is 0 Å². The molecule has 0 amide bonds. The van der Waals surface area contributed by atoms with E-state index in [1.165, 1.54) is 24.0 Å². The topological polar surface area (TPSA) is 68.9 Å². The van der Waals surface area contributed by atoms with Crippen molar-refractivity contribution in [3.8, 4) is 0 Å². The molecular formula is C19H32IN3O2. The summed E-state index contributed by atoms with van der Waals surface area (Å²) in [6.45, 7) is 5.72. The molecule has 1 unspecified atom stereocenters. The van der Waals surface area contributed by atoms with Gasteiger partial charge in [-0.2, -0.15) is 0 Å². The zero-order valence-electron chi connectivity index (χ0n) is 15.2. The van der Waals surface area contributed by atoms with Crippen LogP contribution in [0, 0.1) is 0 Å². The van der Waals surface area contributed by atoms with Gasteiger partial charge in [-0.25, -0.2) is 0 Å². The minimum Gasteiger partial charge on any atom is -0.382 e. The van der Waals surface area contributed by atoms with Gasteiger partial charge in [0.25, 0.3) is 0 Å². The van der Waals surface area contributed by atoms with Crippen LogP contribution in [-0.4, -0.2) is 38.9 Å². The standard InChI is InChI=1S/C19H31N3O2.HI/c1-2-23-14-6-12-21-19(20)22-13-7-15-24-18-11-5-9-16-8-3-4-10-17(16)18;/h3-4,8,10,18H,2,5-7,9,11-15H2,1H3,(H3,20,21,22);1H. The molecule has 1 aromatic carbocycles. The molecule has 6 heteroatoms. The van der Waals surface area contributed by atoms with Crippen molar-refractivity contribution in [1.82, 2.24) is 5.32 Å². The lowest BCUT2D eigenvalue weighted by Gasteiger charge is -2.25. The van der Waals surface area contributed by atoms with Gasteiger partial charge in [0, 0.05) is 32.9 Å². The highest BCUT2D eigenvalue weighted by Crippen LogP contribution is 2.32. The van der Waals surface area contributed by atoms with E-state index in [-0.39, 0.29) is 30.1 Å². The molecule has 2 rings (SSSR count). The zero-order chi connectivity index (χ0) is 17.0. The highest BCUT2D eigenvalue weighted by Gasteiger charge is 2.19. The van der Waals surface area contributed by atoms with Gasteiger partial charge in [-0.15, -0.1) is 24.0 Å². The minimum atomic E-state index is 0. The summed E-state index contributed by atoms with van der Waals surface area (Å²) in [6.07, 6.45) is 5.58. The summed E-state index contributed by atoms with van der Waals surface area (Å²) in [6, 6.07) is 8.63. The molecule has 1 aliphatic carbocycles. The third-order valence-corrected chi connectivity index (χ3v) is 4.19. The fourth-order valence-electron chi connectivity index (χ4n) is 2.96. The van der Waals surface area contributed by atoms with E-state index in [2.05, 4.69) is 34.6 Å². The largest absolute Gasteiger partial charge is 0.382 e. The van der Waals surface area contributed by atoms with E-state index in [0.717, 1.165) is 45.6 Å². The summed E-state index contributed by atoms with van der Waals surface area (Å²) in [5.41, 5.74) is 8.64. The Bertz CT molecular complexity index is 511. The van der Waals surface area contributed by atoms with Crippen molar-refractivity contribution in [3.63, 3.8) is 0 Å². The van der Waals surface area contributed by atoms with Gasteiger partial charge in [0.15, 0.2) is 5.96 Å². The first-order chi connectivity index (χ1) is 11.8. The Balaban J connectivity index is 0.00000312. The Morgan fingerprint density at radius 1 is 1.28 bits per heavy atom. The molecule has 0 aliphatic heterocycles. The Labute approximate surface area is 168 Å². The number of nitrogens with zero attached hydrogens (tertiary/aromatic N) is 1. The number of aliphatic imine (C=N–C) groups is 1. The molecule has 0 saturated carbocycles. The van der Waals surface area contributed by atoms with Crippen molar-refractivity contribution >= 4 is 29.9 Å². The molecule has 1 aliphatic rings. The van der Waals surface area contributed by atoms with Gasteiger partial charge in [-0.3, -0.25) is 4.99 Å². The summed E-state index contributed by atoms with van der Waals surface area (Å²) in [5.74, 6) is 0.509. The second-order valence-corrected chi connectivity index (χ2v) is 6.05. The normalized spacial score (nSPS) is 16.8. The lowest BCUT2D eigenvalue weighted by atomic mass is 9.89. The van der Waals surface area contributed by atoms with Crippen molar-refractivity contribution in [3.05, 3.63) is 35.4 Å². The average Bonchev–Trinajstić information content (AvgIpc) is 2.61. The number of halogens is 1. The lowest BCUT2D eigenvalue weighted by Crippen LogP contribution is -2.33. The second kappa shape index (κ2) is 13.4. The first-order valence-corrected chi connectivity index (χ1v) is 9.12. The lowest BCUT2D eigenvalue weighted by molar-refractivity contribution is 0.0398. The summed E-state index contributed by atoms with van der Waals surface area (Å²) in [4.78, 5) is 4.28. The Morgan fingerprint density at radius 3 is 2.96 bits per heavy atom. The maximum absolute atomic E-state index is 6.08. The van der Waals surface area contributed by atoms with Crippen LogP contribution in [-0.2, 0) is 15.9 Å². The summed E-state index contributed by atoms with van der Waals surface area (Å²) >= 11 is 0.